The maximum absolute atomic E-state index is 10.6. The summed E-state index contributed by atoms with van der Waals surface area (Å²) in [6.07, 6.45) is 2.07. The van der Waals surface area contributed by atoms with Gasteiger partial charge in [-0.1, -0.05) is 26.3 Å². The van der Waals surface area contributed by atoms with Crippen LogP contribution in [0.15, 0.2) is 27.6 Å². The van der Waals surface area contributed by atoms with Crippen molar-refractivity contribution in [2.24, 2.45) is 5.92 Å². The van der Waals surface area contributed by atoms with E-state index < -0.39 is 0 Å². The quantitative estimate of drug-likeness (QED) is 0.590. The number of rotatable bonds is 5. The number of aldehydes is 1. The summed E-state index contributed by atoms with van der Waals surface area (Å²) in [7, 11) is 0. The van der Waals surface area contributed by atoms with Gasteiger partial charge in [-0.05, 0) is 34.0 Å². The van der Waals surface area contributed by atoms with E-state index in [-0.39, 0.29) is 0 Å². The average molecular weight is 287 g/mol. The number of carbonyl (C=O) groups is 1. The Kier molecular flexibility index (Phi) is 5.40. The number of hydrogen-bond acceptors (Lipinski definition) is 2. The Morgan fingerprint density at radius 1 is 1.53 bits per heavy atom. The zero-order chi connectivity index (χ0) is 11.3. The van der Waals surface area contributed by atoms with Gasteiger partial charge in [0.25, 0.3) is 0 Å². The molecule has 0 saturated carbocycles. The molecule has 0 amide bonds. The van der Waals surface area contributed by atoms with Crippen LogP contribution in [0.3, 0.4) is 0 Å². The molecule has 1 aromatic carbocycles. The predicted octanol–water partition coefficient (Wildman–Crippen LogP) is 4.40. The maximum atomic E-state index is 10.6. The van der Waals surface area contributed by atoms with Crippen LogP contribution in [0.1, 0.15) is 30.6 Å². The molecule has 1 aromatic rings. The van der Waals surface area contributed by atoms with Gasteiger partial charge in [-0.25, -0.2) is 0 Å². The van der Waals surface area contributed by atoms with Crippen molar-refractivity contribution in [1.29, 1.82) is 0 Å². The fraction of sp³-hybridized carbons (Fsp3) is 0.417. The molecule has 0 N–H and O–H groups in total. The second kappa shape index (κ2) is 6.33. The largest absolute Gasteiger partial charge is 0.298 e. The van der Waals surface area contributed by atoms with Crippen molar-refractivity contribution in [3.05, 3.63) is 28.2 Å². The van der Waals surface area contributed by atoms with Crippen LogP contribution < -0.4 is 0 Å². The summed E-state index contributed by atoms with van der Waals surface area (Å²) < 4.78 is 1.01. The molecule has 0 radical (unpaired) electrons. The smallest absolute Gasteiger partial charge is 0.150 e. The first kappa shape index (κ1) is 12.8. The van der Waals surface area contributed by atoms with E-state index in [1.54, 1.807) is 0 Å². The van der Waals surface area contributed by atoms with Gasteiger partial charge in [0.15, 0.2) is 0 Å². The second-order valence-electron chi connectivity index (χ2n) is 3.63. The van der Waals surface area contributed by atoms with Gasteiger partial charge in [0.05, 0.1) is 0 Å². The summed E-state index contributed by atoms with van der Waals surface area (Å²) in [5, 5.41) is 0. The Morgan fingerprint density at radius 2 is 2.27 bits per heavy atom. The first-order valence-corrected chi connectivity index (χ1v) is 6.82. The summed E-state index contributed by atoms with van der Waals surface area (Å²) in [4.78, 5) is 11.8. The Balaban J connectivity index is 2.65. The molecule has 0 aliphatic heterocycles. The standard InChI is InChI=1S/C12H15BrOS/c1-3-9(2)8-15-12-5-4-10(7-14)6-11(12)13/h4-7,9H,3,8H2,1-2H3. The van der Waals surface area contributed by atoms with Gasteiger partial charge < -0.3 is 0 Å². The summed E-state index contributed by atoms with van der Waals surface area (Å²) in [6.45, 7) is 4.45. The number of thioether (sulfide) groups is 1. The highest BCUT2D eigenvalue weighted by Gasteiger charge is 2.04. The van der Waals surface area contributed by atoms with Crippen LogP contribution >= 0.6 is 27.7 Å². The minimum Gasteiger partial charge on any atom is -0.298 e. The molecule has 0 heterocycles. The fourth-order valence-electron chi connectivity index (χ4n) is 1.06. The van der Waals surface area contributed by atoms with Crippen molar-refractivity contribution in [3.63, 3.8) is 0 Å². The minimum absolute atomic E-state index is 0.717. The zero-order valence-electron chi connectivity index (χ0n) is 9.00. The van der Waals surface area contributed by atoms with E-state index in [2.05, 4.69) is 29.8 Å². The van der Waals surface area contributed by atoms with Crippen molar-refractivity contribution >= 4 is 34.0 Å². The molecule has 15 heavy (non-hydrogen) atoms. The second-order valence-corrected chi connectivity index (χ2v) is 5.55. The lowest BCUT2D eigenvalue weighted by Crippen LogP contribution is -1.95. The highest BCUT2D eigenvalue weighted by atomic mass is 79.9. The first-order chi connectivity index (χ1) is 7.17. The van der Waals surface area contributed by atoms with Crippen LogP contribution in [0.2, 0.25) is 0 Å². The monoisotopic (exact) mass is 286 g/mol. The predicted molar refractivity (Wildman–Crippen MR) is 69.7 cm³/mol. The van der Waals surface area contributed by atoms with Gasteiger partial charge >= 0.3 is 0 Å². The lowest BCUT2D eigenvalue weighted by atomic mass is 10.2. The molecule has 0 aliphatic carbocycles. The van der Waals surface area contributed by atoms with E-state index in [0.29, 0.717) is 0 Å². The SMILES string of the molecule is CCC(C)CSc1ccc(C=O)cc1Br. The highest BCUT2D eigenvalue weighted by molar-refractivity contribution is 9.10. The van der Waals surface area contributed by atoms with Crippen LogP contribution in [-0.4, -0.2) is 12.0 Å². The molecule has 0 bridgehead atoms. The van der Waals surface area contributed by atoms with E-state index in [9.17, 15) is 4.79 Å². The Labute approximate surface area is 104 Å². The van der Waals surface area contributed by atoms with Gasteiger partial charge in [-0.15, -0.1) is 11.8 Å². The molecule has 1 nitrogen and oxygen atoms in total. The van der Waals surface area contributed by atoms with Gasteiger partial charge in [0, 0.05) is 20.7 Å². The number of benzene rings is 1. The van der Waals surface area contributed by atoms with Crippen molar-refractivity contribution in [3.8, 4) is 0 Å². The van der Waals surface area contributed by atoms with E-state index in [0.717, 1.165) is 28.0 Å². The van der Waals surface area contributed by atoms with Crippen molar-refractivity contribution in [2.75, 3.05) is 5.75 Å². The van der Waals surface area contributed by atoms with Crippen LogP contribution in [0.25, 0.3) is 0 Å². The van der Waals surface area contributed by atoms with Crippen molar-refractivity contribution in [1.82, 2.24) is 0 Å². The lowest BCUT2D eigenvalue weighted by Gasteiger charge is -2.09. The van der Waals surface area contributed by atoms with E-state index in [1.807, 2.05) is 30.0 Å². The zero-order valence-corrected chi connectivity index (χ0v) is 11.4. The van der Waals surface area contributed by atoms with Crippen LogP contribution in [0, 0.1) is 5.92 Å². The molecule has 3 heteroatoms. The molecule has 0 aliphatic rings. The molecule has 1 atom stereocenters. The average Bonchev–Trinajstić information content (AvgIpc) is 2.26. The van der Waals surface area contributed by atoms with Crippen molar-refractivity contribution < 1.29 is 4.79 Å². The third-order valence-corrected chi connectivity index (χ3v) is 4.63. The third kappa shape index (κ3) is 3.99. The topological polar surface area (TPSA) is 17.1 Å². The Hall–Kier alpha value is -0.280. The lowest BCUT2D eigenvalue weighted by molar-refractivity contribution is 0.112. The molecule has 0 aromatic heterocycles. The molecule has 1 unspecified atom stereocenters. The van der Waals surface area contributed by atoms with Crippen LogP contribution in [-0.2, 0) is 0 Å². The number of halogens is 1. The molecule has 82 valence electrons. The molecule has 0 spiro atoms. The summed E-state index contributed by atoms with van der Waals surface area (Å²) in [6, 6.07) is 5.73. The first-order valence-electron chi connectivity index (χ1n) is 5.05. The van der Waals surface area contributed by atoms with Crippen molar-refractivity contribution in [2.45, 2.75) is 25.2 Å². The minimum atomic E-state index is 0.717. The van der Waals surface area contributed by atoms with E-state index in [1.165, 1.54) is 11.3 Å². The van der Waals surface area contributed by atoms with Crippen LogP contribution in [0.5, 0.6) is 0 Å². The van der Waals surface area contributed by atoms with Gasteiger partial charge in [-0.2, -0.15) is 0 Å². The highest BCUT2D eigenvalue weighted by Crippen LogP contribution is 2.29. The fourth-order valence-corrected chi connectivity index (χ4v) is 2.86. The Bertz CT molecular complexity index is 338. The molecular formula is C12H15BrOS. The third-order valence-electron chi connectivity index (χ3n) is 2.31. The number of carbonyl (C=O) groups excluding carboxylic acids is 1. The van der Waals surface area contributed by atoms with Crippen LogP contribution in [0.4, 0.5) is 0 Å². The molecule has 1 rings (SSSR count). The van der Waals surface area contributed by atoms with Gasteiger partial charge in [0.2, 0.25) is 0 Å². The number of hydrogen-bond donors (Lipinski definition) is 0. The summed E-state index contributed by atoms with van der Waals surface area (Å²) in [5.41, 5.74) is 0.717. The van der Waals surface area contributed by atoms with Gasteiger partial charge in [-0.3, -0.25) is 4.79 Å². The van der Waals surface area contributed by atoms with E-state index in [4.69, 9.17) is 0 Å². The Morgan fingerprint density at radius 3 is 2.80 bits per heavy atom. The molecule has 0 fully saturated rings. The van der Waals surface area contributed by atoms with E-state index >= 15 is 0 Å². The maximum Gasteiger partial charge on any atom is 0.150 e. The van der Waals surface area contributed by atoms with Gasteiger partial charge in [0.1, 0.15) is 6.29 Å². The normalized spacial score (nSPS) is 12.5. The molecular weight excluding hydrogens is 272 g/mol. The molecule has 0 saturated heterocycles. The summed E-state index contributed by atoms with van der Waals surface area (Å²) in [5.74, 6) is 1.85. The summed E-state index contributed by atoms with van der Waals surface area (Å²) >= 11 is 5.32.